The topological polar surface area (TPSA) is 87.3 Å². The van der Waals surface area contributed by atoms with Gasteiger partial charge in [-0.05, 0) is 18.1 Å². The van der Waals surface area contributed by atoms with Gasteiger partial charge in [0.05, 0.1) is 19.2 Å². The van der Waals surface area contributed by atoms with Crippen LogP contribution in [-0.4, -0.2) is 47.1 Å². The van der Waals surface area contributed by atoms with Crippen molar-refractivity contribution < 1.29 is 14.3 Å². The molecule has 2 N–H and O–H groups in total. The van der Waals surface area contributed by atoms with Gasteiger partial charge in [0.1, 0.15) is 5.75 Å². The molecule has 1 aromatic carbocycles. The fourth-order valence-corrected chi connectivity index (χ4v) is 3.14. The Morgan fingerprint density at radius 3 is 2.89 bits per heavy atom. The van der Waals surface area contributed by atoms with Gasteiger partial charge in [-0.3, -0.25) is 14.7 Å². The Hall–Kier alpha value is -2.83. The molecule has 144 valence electrons. The van der Waals surface area contributed by atoms with Crippen LogP contribution in [0, 0.1) is 5.92 Å². The molecule has 7 heteroatoms. The third kappa shape index (κ3) is 3.97. The van der Waals surface area contributed by atoms with E-state index in [2.05, 4.69) is 29.4 Å². The first-order chi connectivity index (χ1) is 13.0. The van der Waals surface area contributed by atoms with Crippen LogP contribution >= 0.6 is 0 Å². The number of hydrogen-bond donors (Lipinski definition) is 2. The summed E-state index contributed by atoms with van der Waals surface area (Å²) in [5, 5.41) is 10.1. The van der Waals surface area contributed by atoms with E-state index in [0.717, 1.165) is 17.7 Å². The van der Waals surface area contributed by atoms with Crippen molar-refractivity contribution in [3.63, 3.8) is 0 Å². The van der Waals surface area contributed by atoms with Crippen LogP contribution in [0.25, 0.3) is 0 Å². The number of benzene rings is 1. The maximum absolute atomic E-state index is 13.0. The number of methoxy groups -OCH3 is 1. The molecule has 0 radical (unpaired) electrons. The molecule has 1 atom stereocenters. The van der Waals surface area contributed by atoms with Crippen LogP contribution < -0.4 is 10.1 Å². The molecule has 0 saturated carbocycles. The van der Waals surface area contributed by atoms with Gasteiger partial charge in [0.2, 0.25) is 0 Å². The van der Waals surface area contributed by atoms with Gasteiger partial charge in [-0.25, -0.2) is 0 Å². The van der Waals surface area contributed by atoms with Gasteiger partial charge < -0.3 is 15.0 Å². The Labute approximate surface area is 159 Å². The highest BCUT2D eigenvalue weighted by Gasteiger charge is 2.29. The minimum atomic E-state index is -0.195. The standard InChI is InChI=1S/C20H26N4O3/c1-4-13(2)11-21-19(25)18-15-12-24(10-9-16(15)22-23-18)20(26)14-7-5-6-8-17(14)27-3/h5-8,13H,4,9-12H2,1-3H3,(H,21,25)(H,22,23)/t13-/m1/s1. The summed E-state index contributed by atoms with van der Waals surface area (Å²) in [5.41, 5.74) is 2.62. The Kier molecular flexibility index (Phi) is 5.78. The second kappa shape index (κ2) is 8.24. The van der Waals surface area contributed by atoms with Gasteiger partial charge in [-0.15, -0.1) is 0 Å². The third-order valence-electron chi connectivity index (χ3n) is 5.08. The molecule has 2 aromatic rings. The minimum absolute atomic E-state index is 0.106. The van der Waals surface area contributed by atoms with Crippen molar-refractivity contribution in [3.8, 4) is 5.75 Å². The molecular formula is C20H26N4O3. The number of ether oxygens (including phenoxy) is 1. The number of aromatic amines is 1. The van der Waals surface area contributed by atoms with E-state index in [0.29, 0.717) is 49.0 Å². The number of aromatic nitrogens is 2. The van der Waals surface area contributed by atoms with E-state index < -0.39 is 0 Å². The highest BCUT2D eigenvalue weighted by Crippen LogP contribution is 2.25. The normalized spacial score (nSPS) is 14.4. The molecule has 7 nitrogen and oxygen atoms in total. The lowest BCUT2D eigenvalue weighted by Crippen LogP contribution is -2.37. The molecule has 0 bridgehead atoms. The van der Waals surface area contributed by atoms with E-state index in [9.17, 15) is 9.59 Å². The number of hydrogen-bond acceptors (Lipinski definition) is 4. The van der Waals surface area contributed by atoms with Crippen molar-refractivity contribution in [3.05, 3.63) is 46.8 Å². The van der Waals surface area contributed by atoms with Crippen LogP contribution in [0.2, 0.25) is 0 Å². The average Bonchev–Trinajstić information content (AvgIpc) is 3.14. The summed E-state index contributed by atoms with van der Waals surface area (Å²) in [6, 6.07) is 7.18. The first kappa shape index (κ1) is 18.9. The molecule has 0 unspecified atom stereocenters. The van der Waals surface area contributed by atoms with Crippen molar-refractivity contribution >= 4 is 11.8 Å². The number of carbonyl (C=O) groups is 2. The molecule has 0 spiro atoms. The van der Waals surface area contributed by atoms with Crippen LogP contribution in [0.15, 0.2) is 24.3 Å². The van der Waals surface area contributed by atoms with Crippen LogP contribution in [-0.2, 0) is 13.0 Å². The molecule has 1 aliphatic rings. The van der Waals surface area contributed by atoms with Gasteiger partial charge in [0.15, 0.2) is 5.69 Å². The van der Waals surface area contributed by atoms with Gasteiger partial charge >= 0.3 is 0 Å². The third-order valence-corrected chi connectivity index (χ3v) is 5.08. The van der Waals surface area contributed by atoms with Crippen molar-refractivity contribution in [2.75, 3.05) is 20.2 Å². The van der Waals surface area contributed by atoms with E-state index in [1.807, 2.05) is 12.1 Å². The fraction of sp³-hybridized carbons (Fsp3) is 0.450. The SMILES string of the molecule is CC[C@@H](C)CNC(=O)c1n[nH]c2c1CN(C(=O)c1ccccc1OC)CC2. The lowest BCUT2D eigenvalue weighted by molar-refractivity contribution is 0.0728. The first-order valence-electron chi connectivity index (χ1n) is 9.31. The van der Waals surface area contributed by atoms with Gasteiger partial charge in [-0.2, -0.15) is 5.10 Å². The summed E-state index contributed by atoms with van der Waals surface area (Å²) in [7, 11) is 1.55. The second-order valence-corrected chi connectivity index (χ2v) is 6.93. The number of nitrogens with one attached hydrogen (secondary N) is 2. The van der Waals surface area contributed by atoms with Crippen molar-refractivity contribution in [1.29, 1.82) is 0 Å². The van der Waals surface area contributed by atoms with E-state index in [1.54, 1.807) is 24.1 Å². The Balaban J connectivity index is 1.77. The van der Waals surface area contributed by atoms with Crippen LogP contribution in [0.3, 0.4) is 0 Å². The van der Waals surface area contributed by atoms with Gasteiger partial charge in [0, 0.05) is 30.8 Å². The molecule has 1 aliphatic heterocycles. The second-order valence-electron chi connectivity index (χ2n) is 6.93. The maximum atomic E-state index is 13.0. The molecule has 0 saturated heterocycles. The summed E-state index contributed by atoms with van der Waals surface area (Å²) in [4.78, 5) is 27.2. The van der Waals surface area contributed by atoms with E-state index in [1.165, 1.54) is 0 Å². The predicted molar refractivity (Wildman–Crippen MR) is 102 cm³/mol. The molecule has 0 aliphatic carbocycles. The van der Waals surface area contributed by atoms with Crippen LogP contribution in [0.1, 0.15) is 52.4 Å². The molecule has 27 heavy (non-hydrogen) atoms. The number of rotatable bonds is 6. The molecule has 0 fully saturated rings. The summed E-state index contributed by atoms with van der Waals surface area (Å²) < 4.78 is 5.31. The zero-order valence-electron chi connectivity index (χ0n) is 16.0. The Morgan fingerprint density at radius 1 is 1.37 bits per heavy atom. The monoisotopic (exact) mass is 370 g/mol. The summed E-state index contributed by atoms with van der Waals surface area (Å²) in [6.45, 7) is 5.72. The first-order valence-corrected chi connectivity index (χ1v) is 9.31. The average molecular weight is 370 g/mol. The number of H-pyrrole nitrogens is 1. The molecule has 2 heterocycles. The number of amides is 2. The van der Waals surface area contributed by atoms with E-state index in [4.69, 9.17) is 4.74 Å². The van der Waals surface area contributed by atoms with E-state index >= 15 is 0 Å². The van der Waals surface area contributed by atoms with Crippen molar-refractivity contribution in [1.82, 2.24) is 20.4 Å². The van der Waals surface area contributed by atoms with Crippen molar-refractivity contribution in [2.45, 2.75) is 33.2 Å². The largest absolute Gasteiger partial charge is 0.496 e. The lowest BCUT2D eigenvalue weighted by Gasteiger charge is -2.27. The highest BCUT2D eigenvalue weighted by molar-refractivity contribution is 5.98. The Morgan fingerprint density at radius 2 is 2.15 bits per heavy atom. The zero-order valence-corrected chi connectivity index (χ0v) is 16.0. The van der Waals surface area contributed by atoms with E-state index in [-0.39, 0.29) is 11.8 Å². The lowest BCUT2D eigenvalue weighted by atomic mass is 10.0. The smallest absolute Gasteiger partial charge is 0.272 e. The highest BCUT2D eigenvalue weighted by atomic mass is 16.5. The maximum Gasteiger partial charge on any atom is 0.272 e. The molecule has 3 rings (SSSR count). The number of carbonyl (C=O) groups excluding carboxylic acids is 2. The van der Waals surface area contributed by atoms with Crippen molar-refractivity contribution in [2.24, 2.45) is 5.92 Å². The predicted octanol–water partition coefficient (Wildman–Crippen LogP) is 2.39. The summed E-state index contributed by atoms with van der Waals surface area (Å²) in [5.74, 6) is 0.656. The van der Waals surface area contributed by atoms with Crippen LogP contribution in [0.4, 0.5) is 0 Å². The summed E-state index contributed by atoms with van der Waals surface area (Å²) >= 11 is 0. The molecule has 1 aromatic heterocycles. The fourth-order valence-electron chi connectivity index (χ4n) is 3.14. The molecule has 2 amide bonds. The number of nitrogens with zero attached hydrogens (tertiary/aromatic N) is 2. The quantitative estimate of drug-likeness (QED) is 0.817. The Bertz CT molecular complexity index is 830. The number of para-hydroxylation sites is 1. The summed E-state index contributed by atoms with van der Waals surface area (Å²) in [6.07, 6.45) is 1.64. The molecular weight excluding hydrogens is 344 g/mol. The number of fused-ring (bicyclic) bond motifs is 1. The van der Waals surface area contributed by atoms with Crippen LogP contribution in [0.5, 0.6) is 5.75 Å². The van der Waals surface area contributed by atoms with Gasteiger partial charge in [-0.1, -0.05) is 32.4 Å². The zero-order chi connectivity index (χ0) is 19.4. The minimum Gasteiger partial charge on any atom is -0.496 e. The van der Waals surface area contributed by atoms with Gasteiger partial charge in [0.25, 0.3) is 11.8 Å².